The lowest BCUT2D eigenvalue weighted by molar-refractivity contribution is 0.0950. The summed E-state index contributed by atoms with van der Waals surface area (Å²) in [5.74, 6) is 1.12. The van der Waals surface area contributed by atoms with Crippen molar-refractivity contribution in [3.05, 3.63) is 17.8 Å². The number of rotatable bonds is 5. The Hall–Kier alpha value is -1.69. The maximum Gasteiger partial charge on any atom is 0.271 e. The molecule has 1 aliphatic carbocycles. The zero-order valence-electron chi connectivity index (χ0n) is 11.9. The van der Waals surface area contributed by atoms with E-state index >= 15 is 0 Å². The number of carbonyl (C=O) groups excluding carboxylic acids is 1. The van der Waals surface area contributed by atoms with Crippen LogP contribution in [-0.4, -0.2) is 35.2 Å². The molecule has 1 aliphatic rings. The maximum atomic E-state index is 11.5. The Kier molecular flexibility index (Phi) is 5.29. The van der Waals surface area contributed by atoms with Crippen molar-refractivity contribution in [2.75, 3.05) is 18.4 Å². The molecule has 20 heavy (non-hydrogen) atoms. The summed E-state index contributed by atoms with van der Waals surface area (Å²) < 4.78 is 0. The first-order chi connectivity index (χ1) is 9.69. The third-order valence-electron chi connectivity index (χ3n) is 3.63. The van der Waals surface area contributed by atoms with E-state index < -0.39 is 0 Å². The number of nitrogens with one attached hydrogen (secondary N) is 2. The second kappa shape index (κ2) is 7.19. The van der Waals surface area contributed by atoms with Gasteiger partial charge >= 0.3 is 0 Å². The Morgan fingerprint density at radius 2 is 2.25 bits per heavy atom. The lowest BCUT2D eigenvalue weighted by Crippen LogP contribution is -2.31. The topological polar surface area (TPSA) is 92.9 Å². The molecule has 2 unspecified atom stereocenters. The van der Waals surface area contributed by atoms with Crippen molar-refractivity contribution >= 4 is 11.7 Å². The molecule has 4 N–H and O–H groups in total. The molecule has 0 spiro atoms. The van der Waals surface area contributed by atoms with Crippen molar-refractivity contribution < 1.29 is 4.79 Å². The van der Waals surface area contributed by atoms with Gasteiger partial charge in [-0.25, -0.2) is 0 Å². The number of amides is 1. The molecule has 6 heteroatoms. The number of aromatic nitrogens is 2. The van der Waals surface area contributed by atoms with Gasteiger partial charge in [0.05, 0.1) is 0 Å². The van der Waals surface area contributed by atoms with Gasteiger partial charge in [0.1, 0.15) is 5.82 Å². The van der Waals surface area contributed by atoms with Crippen molar-refractivity contribution in [1.29, 1.82) is 0 Å². The van der Waals surface area contributed by atoms with Gasteiger partial charge in [-0.2, -0.15) is 0 Å². The zero-order valence-corrected chi connectivity index (χ0v) is 11.9. The van der Waals surface area contributed by atoms with Crippen molar-refractivity contribution in [2.45, 2.75) is 38.6 Å². The fraction of sp³-hybridized carbons (Fsp3) is 0.643. The SMILES string of the molecule is CCNC(=O)c1ccc(NCC2CCCC(N)C2)nn1. The van der Waals surface area contributed by atoms with Gasteiger partial charge < -0.3 is 16.4 Å². The van der Waals surface area contributed by atoms with Crippen LogP contribution in [0.5, 0.6) is 0 Å². The molecule has 0 aliphatic heterocycles. The van der Waals surface area contributed by atoms with E-state index in [1.54, 1.807) is 12.1 Å². The first-order valence-corrected chi connectivity index (χ1v) is 7.30. The third-order valence-corrected chi connectivity index (χ3v) is 3.63. The number of hydrogen-bond donors (Lipinski definition) is 3. The number of carbonyl (C=O) groups is 1. The molecule has 1 fully saturated rings. The molecule has 0 bridgehead atoms. The zero-order chi connectivity index (χ0) is 14.4. The average molecular weight is 277 g/mol. The van der Waals surface area contributed by atoms with Crippen LogP contribution in [0.15, 0.2) is 12.1 Å². The van der Waals surface area contributed by atoms with E-state index in [1.807, 2.05) is 6.92 Å². The molecule has 1 aromatic rings. The third kappa shape index (κ3) is 4.16. The smallest absolute Gasteiger partial charge is 0.271 e. The van der Waals surface area contributed by atoms with Crippen molar-refractivity contribution in [1.82, 2.24) is 15.5 Å². The summed E-state index contributed by atoms with van der Waals surface area (Å²) >= 11 is 0. The molecule has 1 heterocycles. The highest BCUT2D eigenvalue weighted by Crippen LogP contribution is 2.23. The normalized spacial score (nSPS) is 22.3. The van der Waals surface area contributed by atoms with Gasteiger partial charge in [-0.05, 0) is 44.2 Å². The molecule has 2 rings (SSSR count). The van der Waals surface area contributed by atoms with Gasteiger partial charge in [-0.15, -0.1) is 10.2 Å². The fourth-order valence-corrected chi connectivity index (χ4v) is 2.57. The summed E-state index contributed by atoms with van der Waals surface area (Å²) in [5.41, 5.74) is 6.32. The molecule has 0 aromatic carbocycles. The van der Waals surface area contributed by atoms with E-state index in [2.05, 4.69) is 20.8 Å². The number of anilines is 1. The van der Waals surface area contributed by atoms with Crippen LogP contribution in [0, 0.1) is 5.92 Å². The summed E-state index contributed by atoms with van der Waals surface area (Å²) in [7, 11) is 0. The number of nitrogens with two attached hydrogens (primary N) is 1. The summed E-state index contributed by atoms with van der Waals surface area (Å²) in [6.45, 7) is 3.32. The van der Waals surface area contributed by atoms with Crippen molar-refractivity contribution in [2.24, 2.45) is 11.7 Å². The first kappa shape index (κ1) is 14.7. The first-order valence-electron chi connectivity index (χ1n) is 7.30. The molecule has 2 atom stereocenters. The summed E-state index contributed by atoms with van der Waals surface area (Å²) in [4.78, 5) is 11.5. The minimum Gasteiger partial charge on any atom is -0.368 e. The monoisotopic (exact) mass is 277 g/mol. The van der Waals surface area contributed by atoms with Gasteiger partial charge in [0.25, 0.3) is 5.91 Å². The summed E-state index contributed by atoms with van der Waals surface area (Å²) in [6.07, 6.45) is 4.62. The Morgan fingerprint density at radius 3 is 2.90 bits per heavy atom. The average Bonchev–Trinajstić information content (AvgIpc) is 2.46. The van der Waals surface area contributed by atoms with Crippen LogP contribution in [0.3, 0.4) is 0 Å². The van der Waals surface area contributed by atoms with E-state index in [-0.39, 0.29) is 5.91 Å². The molecule has 1 amide bonds. The van der Waals surface area contributed by atoms with Gasteiger partial charge in [0.2, 0.25) is 0 Å². The van der Waals surface area contributed by atoms with Crippen molar-refractivity contribution in [3.8, 4) is 0 Å². The van der Waals surface area contributed by atoms with Crippen LogP contribution in [-0.2, 0) is 0 Å². The van der Waals surface area contributed by atoms with Gasteiger partial charge in [0, 0.05) is 19.1 Å². The van der Waals surface area contributed by atoms with E-state index in [0.717, 1.165) is 19.4 Å². The molecule has 110 valence electrons. The van der Waals surface area contributed by atoms with E-state index in [0.29, 0.717) is 30.0 Å². The van der Waals surface area contributed by atoms with Crippen LogP contribution in [0.25, 0.3) is 0 Å². The molecular weight excluding hydrogens is 254 g/mol. The molecule has 6 nitrogen and oxygen atoms in total. The minimum absolute atomic E-state index is 0.190. The Balaban J connectivity index is 1.83. The lowest BCUT2D eigenvalue weighted by Gasteiger charge is -2.26. The van der Waals surface area contributed by atoms with E-state index in [1.165, 1.54) is 12.8 Å². The van der Waals surface area contributed by atoms with E-state index in [4.69, 9.17) is 5.73 Å². The summed E-state index contributed by atoms with van der Waals surface area (Å²) in [5, 5.41) is 13.9. The molecule has 0 radical (unpaired) electrons. The number of hydrogen-bond acceptors (Lipinski definition) is 5. The van der Waals surface area contributed by atoms with Crippen LogP contribution < -0.4 is 16.4 Å². The van der Waals surface area contributed by atoms with Crippen LogP contribution in [0.4, 0.5) is 5.82 Å². The quantitative estimate of drug-likeness (QED) is 0.751. The second-order valence-corrected chi connectivity index (χ2v) is 5.34. The Morgan fingerprint density at radius 1 is 1.40 bits per heavy atom. The van der Waals surface area contributed by atoms with E-state index in [9.17, 15) is 4.79 Å². The fourth-order valence-electron chi connectivity index (χ4n) is 2.57. The maximum absolute atomic E-state index is 11.5. The second-order valence-electron chi connectivity index (χ2n) is 5.34. The largest absolute Gasteiger partial charge is 0.368 e. The van der Waals surface area contributed by atoms with Crippen LogP contribution in [0.1, 0.15) is 43.1 Å². The molecular formula is C14H23N5O. The Labute approximate surface area is 119 Å². The Bertz CT molecular complexity index is 434. The summed E-state index contributed by atoms with van der Waals surface area (Å²) in [6, 6.07) is 3.81. The van der Waals surface area contributed by atoms with Crippen LogP contribution >= 0.6 is 0 Å². The predicted molar refractivity (Wildman–Crippen MR) is 78.5 cm³/mol. The minimum atomic E-state index is -0.190. The van der Waals surface area contributed by atoms with Crippen LogP contribution in [0.2, 0.25) is 0 Å². The number of nitrogens with zero attached hydrogens (tertiary/aromatic N) is 2. The van der Waals surface area contributed by atoms with Gasteiger partial charge in [-0.1, -0.05) is 6.42 Å². The highest BCUT2D eigenvalue weighted by atomic mass is 16.1. The van der Waals surface area contributed by atoms with Gasteiger partial charge in [-0.3, -0.25) is 4.79 Å². The molecule has 0 saturated heterocycles. The predicted octanol–water partition coefficient (Wildman–Crippen LogP) is 1.16. The highest BCUT2D eigenvalue weighted by molar-refractivity contribution is 5.92. The highest BCUT2D eigenvalue weighted by Gasteiger charge is 2.19. The molecule has 1 saturated carbocycles. The molecule has 1 aromatic heterocycles. The van der Waals surface area contributed by atoms with Gasteiger partial charge in [0.15, 0.2) is 5.69 Å². The standard InChI is InChI=1S/C14H23N5O/c1-2-16-14(20)12-6-7-13(19-18-12)17-9-10-4-3-5-11(15)8-10/h6-7,10-11H,2-5,8-9,15H2,1H3,(H,16,20)(H,17,19). The lowest BCUT2D eigenvalue weighted by atomic mass is 9.86. The van der Waals surface area contributed by atoms with Crippen molar-refractivity contribution in [3.63, 3.8) is 0 Å².